The quantitative estimate of drug-likeness (QED) is 0.773. The molecule has 0 amide bonds. The first-order valence-electron chi connectivity index (χ1n) is 8.96. The zero-order valence-corrected chi connectivity index (χ0v) is 16.0. The van der Waals surface area contributed by atoms with E-state index in [1.807, 2.05) is 0 Å². The number of hydrogen-bond acceptors (Lipinski definition) is 2. The van der Waals surface area contributed by atoms with E-state index in [4.69, 9.17) is 11.8 Å². The van der Waals surface area contributed by atoms with Crippen LogP contribution in [0.2, 0.25) is 0 Å². The average molecular weight is 358 g/mol. The van der Waals surface area contributed by atoms with E-state index in [9.17, 15) is 0 Å². The van der Waals surface area contributed by atoms with Crippen LogP contribution in [-0.2, 0) is 11.8 Å². The third kappa shape index (κ3) is 3.97. The van der Waals surface area contributed by atoms with Gasteiger partial charge in [-0.25, -0.2) is 0 Å². The Labute approximate surface area is 151 Å². The lowest BCUT2D eigenvalue weighted by Crippen LogP contribution is -2.50. The molecule has 0 aliphatic heterocycles. The molecule has 1 aliphatic rings. The van der Waals surface area contributed by atoms with Crippen LogP contribution in [0.4, 0.5) is 0 Å². The second-order valence-electron chi connectivity index (χ2n) is 6.46. The minimum atomic E-state index is -2.01. The van der Waals surface area contributed by atoms with E-state index < -0.39 is 6.19 Å². The van der Waals surface area contributed by atoms with Crippen molar-refractivity contribution in [1.82, 2.24) is 10.4 Å². The van der Waals surface area contributed by atoms with Crippen molar-refractivity contribution in [3.8, 4) is 0 Å². The zero-order valence-electron chi connectivity index (χ0n) is 14.3. The van der Waals surface area contributed by atoms with Gasteiger partial charge in [-0.15, -0.1) is 0 Å². The first-order valence-corrected chi connectivity index (χ1v) is 11.8. The molecule has 0 heterocycles. The Hall–Kier alpha value is -0.990. The topological polar surface area (TPSA) is 24.1 Å². The van der Waals surface area contributed by atoms with E-state index in [1.54, 1.807) is 0 Å². The summed E-state index contributed by atoms with van der Waals surface area (Å²) in [5, 5.41) is 10.1. The van der Waals surface area contributed by atoms with Gasteiger partial charge in [-0.1, -0.05) is 92.2 Å². The second-order valence-corrected chi connectivity index (χ2v) is 10.6. The van der Waals surface area contributed by atoms with Crippen molar-refractivity contribution in [3.05, 3.63) is 60.7 Å². The maximum atomic E-state index is 6.33. The molecule has 128 valence electrons. The van der Waals surface area contributed by atoms with Crippen molar-refractivity contribution in [2.75, 3.05) is 6.54 Å². The lowest BCUT2D eigenvalue weighted by Gasteiger charge is -2.37. The Bertz CT molecular complexity index is 629. The summed E-state index contributed by atoms with van der Waals surface area (Å²) in [7, 11) is 0. The number of nitrogens with one attached hydrogen (secondary N) is 2. The van der Waals surface area contributed by atoms with E-state index in [-0.39, 0.29) is 0 Å². The van der Waals surface area contributed by atoms with Gasteiger partial charge in [0.2, 0.25) is 0 Å². The molecule has 1 fully saturated rings. The van der Waals surface area contributed by atoms with E-state index in [1.165, 1.54) is 36.3 Å². The summed E-state index contributed by atoms with van der Waals surface area (Å²) in [6.07, 6.45) is 3.04. The lowest BCUT2D eigenvalue weighted by atomic mass is 9.91. The fraction of sp³-hybridized carbons (Fsp3) is 0.400. The van der Waals surface area contributed by atoms with Gasteiger partial charge in [-0.3, -0.25) is 5.09 Å². The molecule has 0 saturated heterocycles. The van der Waals surface area contributed by atoms with Crippen LogP contribution in [0.15, 0.2) is 60.7 Å². The molecule has 2 aromatic rings. The van der Waals surface area contributed by atoms with Crippen molar-refractivity contribution >= 4 is 28.6 Å². The molecule has 1 saturated carbocycles. The van der Waals surface area contributed by atoms with E-state index >= 15 is 0 Å². The third-order valence-corrected chi connectivity index (χ3v) is 9.15. The summed E-state index contributed by atoms with van der Waals surface area (Å²) >= 11 is 6.33. The molecule has 0 radical (unpaired) electrons. The zero-order chi connectivity index (χ0) is 16.8. The molecule has 2 N–H and O–H groups in total. The maximum Gasteiger partial charge on any atom is 0.0687 e. The SMILES string of the molecule is CCN[C@@H]1CCCC[C@H]1NP(=S)(c1ccccc1)c1ccccc1. The van der Waals surface area contributed by atoms with Crippen LogP contribution in [-0.4, -0.2) is 18.6 Å². The highest BCUT2D eigenvalue weighted by Gasteiger charge is 2.31. The molecule has 2 atom stereocenters. The smallest absolute Gasteiger partial charge is 0.0687 e. The standard InChI is InChI=1S/C20H27N2PS/c1-2-21-19-15-9-10-16-20(19)22-23(24,17-11-5-3-6-12-17)18-13-7-4-8-14-18/h3-8,11-14,19-21H,2,9-10,15-16H2,1H3,(H,22,24)/t19-,20-/m1/s1. The van der Waals surface area contributed by atoms with Gasteiger partial charge < -0.3 is 5.32 Å². The highest BCUT2D eigenvalue weighted by molar-refractivity contribution is 8.20. The normalized spacial score (nSPS) is 21.5. The van der Waals surface area contributed by atoms with Crippen LogP contribution in [0.1, 0.15) is 32.6 Å². The molecule has 1 aliphatic carbocycles. The maximum absolute atomic E-state index is 6.33. The molecular formula is C20H27N2PS. The van der Waals surface area contributed by atoms with Gasteiger partial charge in [-0.05, 0) is 19.4 Å². The van der Waals surface area contributed by atoms with Gasteiger partial charge >= 0.3 is 0 Å². The van der Waals surface area contributed by atoms with Gasteiger partial charge in [-0.2, -0.15) is 0 Å². The predicted molar refractivity (Wildman–Crippen MR) is 109 cm³/mol. The molecular weight excluding hydrogens is 331 g/mol. The van der Waals surface area contributed by atoms with Crippen LogP contribution in [0, 0.1) is 0 Å². The van der Waals surface area contributed by atoms with E-state index in [2.05, 4.69) is 78.0 Å². The van der Waals surface area contributed by atoms with Gasteiger partial charge in [0.05, 0.1) is 6.19 Å². The van der Waals surface area contributed by atoms with Crippen LogP contribution >= 0.6 is 6.19 Å². The van der Waals surface area contributed by atoms with Gasteiger partial charge in [0.25, 0.3) is 0 Å². The van der Waals surface area contributed by atoms with Crippen LogP contribution in [0.3, 0.4) is 0 Å². The fourth-order valence-electron chi connectivity index (χ4n) is 3.60. The largest absolute Gasteiger partial charge is 0.313 e. The highest BCUT2D eigenvalue weighted by Crippen LogP contribution is 2.41. The first kappa shape index (κ1) is 17.8. The van der Waals surface area contributed by atoms with Crippen LogP contribution in [0.25, 0.3) is 0 Å². The van der Waals surface area contributed by atoms with Gasteiger partial charge in [0.15, 0.2) is 0 Å². The summed E-state index contributed by atoms with van der Waals surface area (Å²) < 4.78 is 0. The summed E-state index contributed by atoms with van der Waals surface area (Å²) in [6.45, 7) is 3.21. The summed E-state index contributed by atoms with van der Waals surface area (Å²) in [5.74, 6) is 0. The van der Waals surface area contributed by atoms with Crippen molar-refractivity contribution in [3.63, 3.8) is 0 Å². The van der Waals surface area contributed by atoms with E-state index in [0.29, 0.717) is 12.1 Å². The van der Waals surface area contributed by atoms with Crippen molar-refractivity contribution in [1.29, 1.82) is 0 Å². The van der Waals surface area contributed by atoms with Crippen molar-refractivity contribution in [2.45, 2.75) is 44.7 Å². The fourth-order valence-corrected chi connectivity index (χ4v) is 7.29. The molecule has 4 heteroatoms. The Balaban J connectivity index is 1.95. The Kier molecular flexibility index (Phi) is 6.24. The molecule has 0 aromatic heterocycles. The Morgan fingerprint density at radius 1 is 0.875 bits per heavy atom. The lowest BCUT2D eigenvalue weighted by molar-refractivity contribution is 0.318. The highest BCUT2D eigenvalue weighted by atomic mass is 32.4. The van der Waals surface area contributed by atoms with Gasteiger partial charge in [0, 0.05) is 22.7 Å². The number of hydrogen-bond donors (Lipinski definition) is 2. The van der Waals surface area contributed by atoms with Crippen molar-refractivity contribution < 1.29 is 0 Å². The molecule has 24 heavy (non-hydrogen) atoms. The molecule has 0 spiro atoms. The predicted octanol–water partition coefficient (Wildman–Crippen LogP) is 3.54. The number of likely N-dealkylation sites (N-methyl/N-ethyl adjacent to an activating group) is 1. The molecule has 0 unspecified atom stereocenters. The molecule has 2 aromatic carbocycles. The number of rotatable bonds is 6. The molecule has 0 bridgehead atoms. The molecule has 2 nitrogen and oxygen atoms in total. The van der Waals surface area contributed by atoms with Crippen LogP contribution < -0.4 is 21.0 Å². The van der Waals surface area contributed by atoms with Crippen molar-refractivity contribution in [2.24, 2.45) is 0 Å². The minimum Gasteiger partial charge on any atom is -0.313 e. The van der Waals surface area contributed by atoms with E-state index in [0.717, 1.165) is 6.54 Å². The Morgan fingerprint density at radius 3 is 1.88 bits per heavy atom. The Morgan fingerprint density at radius 2 is 1.38 bits per heavy atom. The number of benzene rings is 2. The summed E-state index contributed by atoms with van der Waals surface area (Å²) in [6, 6.07) is 22.3. The molecule has 3 rings (SSSR count). The summed E-state index contributed by atoms with van der Waals surface area (Å²) in [4.78, 5) is 0. The minimum absolute atomic E-state index is 0.449. The van der Waals surface area contributed by atoms with Gasteiger partial charge in [0.1, 0.15) is 0 Å². The monoisotopic (exact) mass is 358 g/mol. The van der Waals surface area contributed by atoms with Crippen LogP contribution in [0.5, 0.6) is 0 Å². The second kappa shape index (κ2) is 8.40. The average Bonchev–Trinajstić information content (AvgIpc) is 2.65. The summed E-state index contributed by atoms with van der Waals surface area (Å²) in [5.41, 5.74) is 0. The third-order valence-electron chi connectivity index (χ3n) is 4.82. The first-order chi connectivity index (χ1) is 11.7.